The van der Waals surface area contributed by atoms with E-state index in [0.717, 1.165) is 17.3 Å². The number of hydrogen-bond acceptors (Lipinski definition) is 4. The van der Waals surface area contributed by atoms with E-state index in [2.05, 4.69) is 0 Å². The fourth-order valence-electron chi connectivity index (χ4n) is 2.80. The van der Waals surface area contributed by atoms with Crippen molar-refractivity contribution in [1.82, 2.24) is 4.90 Å². The predicted molar refractivity (Wildman–Crippen MR) is 105 cm³/mol. The molecule has 0 saturated heterocycles. The van der Waals surface area contributed by atoms with E-state index in [4.69, 9.17) is 16.7 Å². The van der Waals surface area contributed by atoms with Gasteiger partial charge in [0.1, 0.15) is 5.82 Å². The molecule has 2 aromatic carbocycles. The maximum atomic E-state index is 13.2. The van der Waals surface area contributed by atoms with E-state index in [1.807, 2.05) is 12.1 Å². The zero-order valence-corrected chi connectivity index (χ0v) is 15.9. The predicted octanol–water partition coefficient (Wildman–Crippen LogP) is 3.53. The molecule has 0 saturated carbocycles. The average molecular weight is 406 g/mol. The summed E-state index contributed by atoms with van der Waals surface area (Å²) in [6, 6.07) is 12.7. The third-order valence-electron chi connectivity index (χ3n) is 4.13. The number of hydrogen-bond donors (Lipinski definition) is 1. The maximum Gasteiger partial charge on any atom is 0.267 e. The Hall–Kier alpha value is -2.15. The van der Waals surface area contributed by atoms with Crippen LogP contribution in [0.25, 0.3) is 5.57 Å². The molecule has 2 amide bonds. The van der Waals surface area contributed by atoms with Crippen LogP contribution >= 0.6 is 23.4 Å². The number of rotatable bonds is 7. The van der Waals surface area contributed by atoms with Gasteiger partial charge in [0, 0.05) is 17.3 Å². The number of carbonyl (C=O) groups excluding carboxylic acids is 2. The molecule has 3 rings (SSSR count). The van der Waals surface area contributed by atoms with E-state index in [0.29, 0.717) is 22.8 Å². The Morgan fingerprint density at radius 3 is 2.30 bits per heavy atom. The van der Waals surface area contributed by atoms with Crippen molar-refractivity contribution in [3.63, 3.8) is 0 Å². The van der Waals surface area contributed by atoms with Gasteiger partial charge in [0.05, 0.1) is 17.1 Å². The molecule has 2 aromatic rings. The Bertz CT molecular complexity index is 881. The third-order valence-corrected chi connectivity index (χ3v) is 5.44. The second-order valence-corrected chi connectivity index (χ2v) is 7.46. The van der Waals surface area contributed by atoms with Gasteiger partial charge in [0.2, 0.25) is 0 Å². The maximum absolute atomic E-state index is 13.2. The van der Waals surface area contributed by atoms with Gasteiger partial charge in [-0.25, -0.2) is 4.39 Å². The Labute approximate surface area is 165 Å². The molecule has 4 nitrogen and oxygen atoms in total. The minimum Gasteiger partial charge on any atom is -0.396 e. The summed E-state index contributed by atoms with van der Waals surface area (Å²) in [5, 5.41) is 9.72. The number of nitrogens with zero attached hydrogens (tertiary/aromatic N) is 1. The molecule has 0 unspecified atom stereocenters. The first-order valence-corrected chi connectivity index (χ1v) is 9.72. The van der Waals surface area contributed by atoms with E-state index >= 15 is 0 Å². The Morgan fingerprint density at radius 1 is 1.00 bits per heavy atom. The number of aliphatic hydroxyl groups excluding tert-OH is 1. The molecule has 0 aliphatic carbocycles. The van der Waals surface area contributed by atoms with Gasteiger partial charge in [-0.15, -0.1) is 11.8 Å². The topological polar surface area (TPSA) is 57.6 Å². The highest BCUT2D eigenvalue weighted by Gasteiger charge is 2.38. The molecule has 1 aliphatic heterocycles. The minimum atomic E-state index is -0.416. The van der Waals surface area contributed by atoms with Crippen LogP contribution in [-0.4, -0.2) is 40.7 Å². The Kier molecular flexibility index (Phi) is 6.31. The van der Waals surface area contributed by atoms with Crippen LogP contribution in [0.5, 0.6) is 0 Å². The van der Waals surface area contributed by atoms with Gasteiger partial charge in [0.25, 0.3) is 11.8 Å². The van der Waals surface area contributed by atoms with Crippen molar-refractivity contribution < 1.29 is 19.1 Å². The Morgan fingerprint density at radius 2 is 1.67 bits per heavy atom. The number of halogens is 2. The highest BCUT2D eigenvalue weighted by atomic mass is 35.5. The van der Waals surface area contributed by atoms with Gasteiger partial charge in [0.15, 0.2) is 0 Å². The summed E-state index contributed by atoms with van der Waals surface area (Å²) in [5.41, 5.74) is 1.71. The van der Waals surface area contributed by atoms with Crippen molar-refractivity contribution in [2.24, 2.45) is 0 Å². The van der Waals surface area contributed by atoms with Crippen molar-refractivity contribution in [3.8, 4) is 0 Å². The average Bonchev–Trinajstić information content (AvgIpc) is 2.90. The van der Waals surface area contributed by atoms with Crippen LogP contribution in [0, 0.1) is 5.82 Å². The number of aliphatic hydroxyl groups is 1. The molecule has 0 atom stereocenters. The first-order valence-electron chi connectivity index (χ1n) is 8.35. The van der Waals surface area contributed by atoms with Gasteiger partial charge in [-0.1, -0.05) is 35.9 Å². The molecule has 0 aromatic heterocycles. The van der Waals surface area contributed by atoms with E-state index in [-0.39, 0.29) is 29.5 Å². The van der Waals surface area contributed by atoms with Crippen LogP contribution in [0.2, 0.25) is 5.02 Å². The van der Waals surface area contributed by atoms with Crippen molar-refractivity contribution in [2.75, 3.05) is 18.9 Å². The normalized spacial score (nSPS) is 14.4. The van der Waals surface area contributed by atoms with E-state index in [1.54, 1.807) is 12.1 Å². The number of imide groups is 1. The number of amides is 2. The fraction of sp³-hybridized carbons (Fsp3) is 0.200. The van der Waals surface area contributed by atoms with E-state index in [1.165, 1.54) is 29.2 Å². The number of thioether (sulfide) groups is 1. The summed E-state index contributed by atoms with van der Waals surface area (Å²) in [7, 11) is 0. The lowest BCUT2D eigenvalue weighted by Crippen LogP contribution is -2.33. The minimum absolute atomic E-state index is 0.114. The van der Waals surface area contributed by atoms with Crippen molar-refractivity contribution in [3.05, 3.63) is 75.4 Å². The molecular weight excluding hydrogens is 389 g/mol. The first-order chi connectivity index (χ1) is 13.0. The smallest absolute Gasteiger partial charge is 0.267 e. The second kappa shape index (κ2) is 8.69. The van der Waals surface area contributed by atoms with E-state index < -0.39 is 11.7 Å². The standard InChI is InChI=1S/C20H17ClFNO3S/c21-15-5-1-13(2-6-15)9-10-23-19(25)17(14-3-7-16(22)8-4-14)18(20(23)26)27-12-11-24/h1-8,24H,9-12H2. The highest BCUT2D eigenvalue weighted by Crippen LogP contribution is 2.36. The first kappa shape index (κ1) is 19.6. The van der Waals surface area contributed by atoms with Crippen molar-refractivity contribution >= 4 is 40.8 Å². The Balaban J connectivity index is 1.84. The van der Waals surface area contributed by atoms with Crippen LogP contribution in [0.3, 0.4) is 0 Å². The second-order valence-electron chi connectivity index (χ2n) is 5.92. The summed E-state index contributed by atoms with van der Waals surface area (Å²) in [6.07, 6.45) is 0.503. The monoisotopic (exact) mass is 405 g/mol. The molecule has 1 N–H and O–H groups in total. The van der Waals surface area contributed by atoms with Crippen LogP contribution in [0.4, 0.5) is 4.39 Å². The zero-order chi connectivity index (χ0) is 19.4. The van der Waals surface area contributed by atoms with Gasteiger partial charge in [-0.3, -0.25) is 14.5 Å². The van der Waals surface area contributed by atoms with E-state index in [9.17, 15) is 14.0 Å². The molecule has 0 spiro atoms. The largest absolute Gasteiger partial charge is 0.396 e. The third kappa shape index (κ3) is 4.40. The molecule has 0 bridgehead atoms. The molecule has 140 valence electrons. The summed E-state index contributed by atoms with van der Waals surface area (Å²) in [4.78, 5) is 27.2. The molecule has 1 heterocycles. The number of benzene rings is 2. The molecule has 0 radical (unpaired) electrons. The summed E-state index contributed by atoms with van der Waals surface area (Å²) in [5.74, 6) is -0.905. The summed E-state index contributed by atoms with van der Waals surface area (Å²) in [6.45, 7) is 0.115. The number of carbonyl (C=O) groups is 2. The van der Waals surface area contributed by atoms with Gasteiger partial charge < -0.3 is 5.11 Å². The van der Waals surface area contributed by atoms with Crippen LogP contribution in [0.15, 0.2) is 53.4 Å². The zero-order valence-electron chi connectivity index (χ0n) is 14.3. The summed E-state index contributed by atoms with van der Waals surface area (Å²) >= 11 is 7.01. The fourth-order valence-corrected chi connectivity index (χ4v) is 3.81. The lowest BCUT2D eigenvalue weighted by molar-refractivity contribution is -0.136. The SMILES string of the molecule is O=C1C(SCCO)=C(c2ccc(F)cc2)C(=O)N1CCc1ccc(Cl)cc1. The molecular formula is C20H17ClFNO3S. The van der Waals surface area contributed by atoms with Crippen molar-refractivity contribution in [1.29, 1.82) is 0 Å². The van der Waals surface area contributed by atoms with Crippen LogP contribution in [-0.2, 0) is 16.0 Å². The molecule has 7 heteroatoms. The lowest BCUT2D eigenvalue weighted by atomic mass is 10.1. The molecule has 1 aliphatic rings. The quantitative estimate of drug-likeness (QED) is 0.716. The van der Waals surface area contributed by atoms with Gasteiger partial charge in [-0.2, -0.15) is 0 Å². The summed E-state index contributed by atoms with van der Waals surface area (Å²) < 4.78 is 13.2. The highest BCUT2D eigenvalue weighted by molar-refractivity contribution is 8.04. The molecule has 0 fully saturated rings. The van der Waals surface area contributed by atoms with Crippen LogP contribution in [0.1, 0.15) is 11.1 Å². The van der Waals surface area contributed by atoms with Gasteiger partial charge >= 0.3 is 0 Å². The molecule has 27 heavy (non-hydrogen) atoms. The van der Waals surface area contributed by atoms with Crippen molar-refractivity contribution in [2.45, 2.75) is 6.42 Å². The lowest BCUT2D eigenvalue weighted by Gasteiger charge is -2.15. The van der Waals surface area contributed by atoms with Gasteiger partial charge in [-0.05, 0) is 41.8 Å². The van der Waals surface area contributed by atoms with Crippen LogP contribution < -0.4 is 0 Å².